The number of rotatable bonds is 2. The number of ether oxygens (including phenoxy) is 2. The summed E-state index contributed by atoms with van der Waals surface area (Å²) in [5.74, 6) is -0.0234. The van der Waals surface area contributed by atoms with Crippen LogP contribution in [0.3, 0.4) is 0 Å². The Balaban J connectivity index is 0.00000128. The number of halogens is 3. The van der Waals surface area contributed by atoms with Crippen LogP contribution in [0.25, 0.3) is 0 Å². The molecule has 0 fully saturated rings. The first-order chi connectivity index (χ1) is 7.03. The van der Waals surface area contributed by atoms with Gasteiger partial charge in [-0.15, -0.1) is 27.8 Å². The van der Waals surface area contributed by atoms with Gasteiger partial charge in [0.2, 0.25) is 0 Å². The molecule has 0 saturated heterocycles. The molecule has 1 aromatic rings. The Morgan fingerprint density at radius 1 is 1.38 bits per heavy atom. The van der Waals surface area contributed by atoms with E-state index >= 15 is 0 Å². The summed E-state index contributed by atoms with van der Waals surface area (Å²) in [5.41, 5.74) is 6.09. The highest BCUT2D eigenvalue weighted by atomic mass is 35.5. The van der Waals surface area contributed by atoms with Crippen molar-refractivity contribution in [2.45, 2.75) is 12.3 Å². The van der Waals surface area contributed by atoms with Crippen molar-refractivity contribution in [3.05, 3.63) is 36.4 Å². The molecule has 0 bridgehead atoms. The predicted octanol–water partition coefficient (Wildman–Crippen LogP) is 2.62. The molecule has 6 heteroatoms. The Bertz CT molecular complexity index is 412. The minimum Gasteiger partial charge on any atom is -0.395 e. The van der Waals surface area contributed by atoms with Crippen molar-refractivity contribution in [3.8, 4) is 11.5 Å². The molecule has 16 heavy (non-hydrogen) atoms. The van der Waals surface area contributed by atoms with Crippen molar-refractivity contribution in [2.75, 3.05) is 0 Å². The fourth-order valence-corrected chi connectivity index (χ4v) is 1.38. The van der Waals surface area contributed by atoms with Gasteiger partial charge in [-0.2, -0.15) is 0 Å². The van der Waals surface area contributed by atoms with Gasteiger partial charge in [0.25, 0.3) is 0 Å². The second-order valence-electron chi connectivity index (χ2n) is 3.10. The van der Waals surface area contributed by atoms with E-state index in [2.05, 4.69) is 16.1 Å². The lowest BCUT2D eigenvalue weighted by Gasteiger charge is -2.09. The highest BCUT2D eigenvalue weighted by molar-refractivity contribution is 5.85. The fraction of sp³-hybridized carbons (Fsp3) is 0.200. The third-order valence-electron chi connectivity index (χ3n) is 2.07. The number of fused-ring (bicyclic) bond motifs is 1. The van der Waals surface area contributed by atoms with Gasteiger partial charge in [-0.1, -0.05) is 18.2 Å². The fourth-order valence-electron chi connectivity index (χ4n) is 1.38. The average Bonchev–Trinajstić information content (AvgIpc) is 2.49. The van der Waals surface area contributed by atoms with E-state index < -0.39 is 12.3 Å². The molecule has 0 spiro atoms. The molecule has 0 unspecified atom stereocenters. The van der Waals surface area contributed by atoms with Crippen molar-refractivity contribution < 1.29 is 18.3 Å². The maximum absolute atomic E-state index is 12.8. The van der Waals surface area contributed by atoms with Crippen LogP contribution in [0.1, 0.15) is 11.6 Å². The van der Waals surface area contributed by atoms with Gasteiger partial charge in [0.05, 0.1) is 6.04 Å². The molecule has 0 amide bonds. The van der Waals surface area contributed by atoms with Gasteiger partial charge in [-0.3, -0.25) is 0 Å². The highest BCUT2D eigenvalue weighted by Gasteiger charge is 2.44. The lowest BCUT2D eigenvalue weighted by atomic mass is 10.1. The first kappa shape index (κ1) is 12.7. The van der Waals surface area contributed by atoms with Crippen LogP contribution in [0.2, 0.25) is 0 Å². The maximum atomic E-state index is 12.8. The third kappa shape index (κ3) is 2.10. The van der Waals surface area contributed by atoms with E-state index in [0.717, 1.165) is 0 Å². The van der Waals surface area contributed by atoms with Gasteiger partial charge in [-0.25, -0.2) is 0 Å². The first-order valence-corrected chi connectivity index (χ1v) is 4.30. The van der Waals surface area contributed by atoms with E-state index in [9.17, 15) is 8.78 Å². The lowest BCUT2D eigenvalue weighted by molar-refractivity contribution is -0.286. The zero-order valence-corrected chi connectivity index (χ0v) is 8.97. The molecule has 1 aromatic carbocycles. The largest absolute Gasteiger partial charge is 0.586 e. The van der Waals surface area contributed by atoms with Gasteiger partial charge in [-0.05, 0) is 6.07 Å². The minimum absolute atomic E-state index is 0. The van der Waals surface area contributed by atoms with Crippen LogP contribution in [-0.4, -0.2) is 6.29 Å². The Morgan fingerprint density at radius 3 is 2.69 bits per heavy atom. The summed E-state index contributed by atoms with van der Waals surface area (Å²) >= 11 is 0. The minimum atomic E-state index is -3.61. The Hall–Kier alpha value is -1.33. The van der Waals surface area contributed by atoms with Crippen molar-refractivity contribution in [3.63, 3.8) is 0 Å². The van der Waals surface area contributed by atoms with Crippen molar-refractivity contribution in [1.29, 1.82) is 0 Å². The number of hydrogen-bond acceptors (Lipinski definition) is 3. The van der Waals surface area contributed by atoms with Gasteiger partial charge >= 0.3 is 6.29 Å². The normalized spacial score (nSPS) is 17.4. The van der Waals surface area contributed by atoms with Gasteiger partial charge in [0.1, 0.15) is 0 Å². The molecule has 1 aliphatic heterocycles. The highest BCUT2D eigenvalue weighted by Crippen LogP contribution is 2.44. The van der Waals surface area contributed by atoms with Gasteiger partial charge in [0.15, 0.2) is 11.5 Å². The van der Waals surface area contributed by atoms with Crippen LogP contribution < -0.4 is 15.2 Å². The molecule has 88 valence electrons. The zero-order chi connectivity index (χ0) is 11.1. The Morgan fingerprint density at radius 2 is 2.06 bits per heavy atom. The van der Waals surface area contributed by atoms with Crippen molar-refractivity contribution in [2.24, 2.45) is 5.73 Å². The average molecular weight is 250 g/mol. The molecule has 0 radical (unpaired) electrons. The molecule has 2 rings (SSSR count). The van der Waals surface area contributed by atoms with Crippen LogP contribution in [0.4, 0.5) is 8.78 Å². The molecular formula is C10H10ClF2NO2. The van der Waals surface area contributed by atoms with E-state index in [1.807, 2.05) is 0 Å². The number of nitrogens with two attached hydrogens (primary N) is 1. The molecular weight excluding hydrogens is 240 g/mol. The van der Waals surface area contributed by atoms with Gasteiger partial charge in [0, 0.05) is 5.56 Å². The molecule has 1 heterocycles. The molecule has 1 aliphatic rings. The zero-order valence-electron chi connectivity index (χ0n) is 8.15. The summed E-state index contributed by atoms with van der Waals surface area (Å²) in [7, 11) is 0. The molecule has 2 N–H and O–H groups in total. The summed E-state index contributed by atoms with van der Waals surface area (Å²) in [4.78, 5) is 0. The summed E-state index contributed by atoms with van der Waals surface area (Å²) in [5, 5.41) is 0. The number of alkyl halides is 2. The van der Waals surface area contributed by atoms with Crippen LogP contribution in [0, 0.1) is 0 Å². The van der Waals surface area contributed by atoms with E-state index in [0.29, 0.717) is 5.56 Å². The van der Waals surface area contributed by atoms with E-state index in [1.165, 1.54) is 12.1 Å². The smallest absolute Gasteiger partial charge is 0.395 e. The SMILES string of the molecule is C=C[C@@H](N)c1cccc2c1OC(F)(F)O2.Cl. The number of hydrogen-bond donors (Lipinski definition) is 1. The monoisotopic (exact) mass is 249 g/mol. The molecule has 0 aliphatic carbocycles. The number of para-hydroxylation sites is 1. The molecule has 1 atom stereocenters. The van der Waals surface area contributed by atoms with E-state index in [1.54, 1.807) is 12.1 Å². The standard InChI is InChI=1S/C10H9F2NO2.ClH/c1-2-7(13)6-4-3-5-8-9(6)15-10(11,12)14-8;/h2-5,7H,1,13H2;1H/t7-;/m1./s1. The predicted molar refractivity (Wildman–Crippen MR) is 57.0 cm³/mol. The topological polar surface area (TPSA) is 44.5 Å². The third-order valence-corrected chi connectivity index (χ3v) is 2.07. The quantitative estimate of drug-likeness (QED) is 0.820. The Labute approximate surface area is 97.2 Å². The van der Waals surface area contributed by atoms with Crippen LogP contribution in [0.15, 0.2) is 30.9 Å². The van der Waals surface area contributed by atoms with E-state index in [-0.39, 0.29) is 23.9 Å². The van der Waals surface area contributed by atoms with Crippen molar-refractivity contribution >= 4 is 12.4 Å². The summed E-state index contributed by atoms with van der Waals surface area (Å²) in [6, 6.07) is 4.01. The molecule has 3 nitrogen and oxygen atoms in total. The lowest BCUT2D eigenvalue weighted by Crippen LogP contribution is -2.26. The van der Waals surface area contributed by atoms with E-state index in [4.69, 9.17) is 5.73 Å². The second-order valence-corrected chi connectivity index (χ2v) is 3.10. The van der Waals surface area contributed by atoms with Crippen LogP contribution >= 0.6 is 12.4 Å². The molecule has 0 saturated carbocycles. The summed E-state index contributed by atoms with van der Waals surface area (Å²) < 4.78 is 34.2. The van der Waals surface area contributed by atoms with Crippen LogP contribution in [-0.2, 0) is 0 Å². The molecule has 0 aromatic heterocycles. The summed E-state index contributed by atoms with van der Waals surface area (Å²) in [6.45, 7) is 3.49. The maximum Gasteiger partial charge on any atom is 0.586 e. The Kier molecular flexibility index (Phi) is 3.40. The van der Waals surface area contributed by atoms with Gasteiger partial charge < -0.3 is 15.2 Å². The number of benzene rings is 1. The van der Waals surface area contributed by atoms with Crippen LogP contribution in [0.5, 0.6) is 11.5 Å². The summed E-state index contributed by atoms with van der Waals surface area (Å²) in [6.07, 6.45) is -2.17. The van der Waals surface area contributed by atoms with Crippen molar-refractivity contribution in [1.82, 2.24) is 0 Å². The second kappa shape index (κ2) is 4.27. The first-order valence-electron chi connectivity index (χ1n) is 4.30.